The second-order valence-corrected chi connectivity index (χ2v) is 8.19. The van der Waals surface area contributed by atoms with E-state index in [2.05, 4.69) is 5.32 Å². The number of carbonyl (C=O) groups is 3. The van der Waals surface area contributed by atoms with Crippen LogP contribution in [0.2, 0.25) is 10.0 Å². The first-order valence-corrected chi connectivity index (χ1v) is 10.7. The summed E-state index contributed by atoms with van der Waals surface area (Å²) in [5.41, 5.74) is 2.17. The Labute approximate surface area is 200 Å². The van der Waals surface area contributed by atoms with Crippen LogP contribution in [0.4, 0.5) is 10.5 Å². The molecule has 0 spiro atoms. The SMILES string of the molecule is Cc1ccc(N2C(=O)NC(=O)/C(=C\c3cc(Cl)ccc3OCc3ccccc3)C2=O)cc1Cl. The highest BCUT2D eigenvalue weighted by Crippen LogP contribution is 2.30. The second-order valence-electron chi connectivity index (χ2n) is 7.35. The van der Waals surface area contributed by atoms with Crippen LogP contribution in [0.1, 0.15) is 16.7 Å². The molecule has 1 fully saturated rings. The van der Waals surface area contributed by atoms with Crippen molar-refractivity contribution in [3.05, 3.63) is 99.0 Å². The molecule has 0 aliphatic carbocycles. The monoisotopic (exact) mass is 480 g/mol. The molecule has 4 rings (SSSR count). The minimum atomic E-state index is -0.853. The fraction of sp³-hybridized carbons (Fsp3) is 0.0800. The Balaban J connectivity index is 1.69. The number of ether oxygens (including phenoxy) is 1. The smallest absolute Gasteiger partial charge is 0.335 e. The Morgan fingerprint density at radius 3 is 2.45 bits per heavy atom. The normalized spacial score (nSPS) is 15.1. The zero-order valence-electron chi connectivity index (χ0n) is 17.5. The van der Waals surface area contributed by atoms with Crippen molar-refractivity contribution >= 4 is 52.8 Å². The van der Waals surface area contributed by atoms with Crippen LogP contribution < -0.4 is 15.0 Å². The van der Waals surface area contributed by atoms with Gasteiger partial charge in [-0.3, -0.25) is 14.9 Å². The van der Waals surface area contributed by atoms with Gasteiger partial charge in [-0.05, 0) is 54.5 Å². The average Bonchev–Trinajstić information content (AvgIpc) is 2.79. The maximum atomic E-state index is 13.2. The van der Waals surface area contributed by atoms with Crippen molar-refractivity contribution in [3.63, 3.8) is 0 Å². The summed E-state index contributed by atoms with van der Waals surface area (Å²) >= 11 is 12.3. The molecule has 1 aliphatic heterocycles. The van der Waals surface area contributed by atoms with Crippen molar-refractivity contribution in [2.24, 2.45) is 0 Å². The molecule has 0 radical (unpaired) electrons. The molecule has 1 saturated heterocycles. The summed E-state index contributed by atoms with van der Waals surface area (Å²) in [6.45, 7) is 2.08. The lowest BCUT2D eigenvalue weighted by atomic mass is 10.1. The topological polar surface area (TPSA) is 75.7 Å². The van der Waals surface area contributed by atoms with Gasteiger partial charge in [-0.25, -0.2) is 9.69 Å². The molecule has 0 aromatic heterocycles. The third-order valence-corrected chi connectivity index (χ3v) is 5.67. The maximum absolute atomic E-state index is 13.2. The first-order valence-electron chi connectivity index (χ1n) is 9.97. The lowest BCUT2D eigenvalue weighted by Crippen LogP contribution is -2.54. The molecule has 1 heterocycles. The standard InChI is InChI=1S/C25H18Cl2N2O4/c1-15-7-9-19(13-21(15)27)29-24(31)20(23(30)28-25(29)32)12-17-11-18(26)8-10-22(17)33-14-16-5-3-2-4-6-16/h2-13H,14H2,1H3,(H,28,30,32)/b20-12+. The van der Waals surface area contributed by atoms with Gasteiger partial charge in [0.15, 0.2) is 0 Å². The molecular weight excluding hydrogens is 463 g/mol. The predicted octanol–water partition coefficient (Wildman–Crippen LogP) is 5.55. The van der Waals surface area contributed by atoms with Gasteiger partial charge >= 0.3 is 6.03 Å². The number of carbonyl (C=O) groups excluding carboxylic acids is 3. The minimum Gasteiger partial charge on any atom is -0.488 e. The molecule has 166 valence electrons. The van der Waals surface area contributed by atoms with E-state index in [1.807, 2.05) is 30.3 Å². The maximum Gasteiger partial charge on any atom is 0.335 e. The number of nitrogens with zero attached hydrogens (tertiary/aromatic N) is 1. The van der Waals surface area contributed by atoms with Gasteiger partial charge in [-0.2, -0.15) is 0 Å². The molecule has 1 N–H and O–H groups in total. The molecule has 1 aliphatic rings. The Hall–Kier alpha value is -3.61. The van der Waals surface area contributed by atoms with Gasteiger partial charge in [0, 0.05) is 15.6 Å². The van der Waals surface area contributed by atoms with Gasteiger partial charge in [-0.1, -0.05) is 59.6 Å². The van der Waals surface area contributed by atoms with Crippen molar-refractivity contribution in [2.75, 3.05) is 4.90 Å². The van der Waals surface area contributed by atoms with Crippen molar-refractivity contribution in [3.8, 4) is 5.75 Å². The van der Waals surface area contributed by atoms with E-state index in [4.69, 9.17) is 27.9 Å². The molecule has 0 bridgehead atoms. The molecule has 3 aromatic carbocycles. The lowest BCUT2D eigenvalue weighted by molar-refractivity contribution is -0.122. The largest absolute Gasteiger partial charge is 0.488 e. The van der Waals surface area contributed by atoms with Gasteiger partial charge < -0.3 is 4.74 Å². The fourth-order valence-corrected chi connectivity index (χ4v) is 3.62. The average molecular weight is 481 g/mol. The third kappa shape index (κ3) is 4.92. The van der Waals surface area contributed by atoms with Crippen LogP contribution in [0.25, 0.3) is 6.08 Å². The fourth-order valence-electron chi connectivity index (χ4n) is 3.27. The van der Waals surface area contributed by atoms with Gasteiger partial charge in [0.25, 0.3) is 11.8 Å². The zero-order valence-corrected chi connectivity index (χ0v) is 19.0. The number of halogens is 2. The molecule has 6 nitrogen and oxygen atoms in total. The van der Waals surface area contributed by atoms with E-state index in [0.717, 1.165) is 16.0 Å². The molecule has 33 heavy (non-hydrogen) atoms. The van der Waals surface area contributed by atoms with Crippen LogP contribution in [-0.2, 0) is 16.2 Å². The third-order valence-electron chi connectivity index (χ3n) is 5.02. The van der Waals surface area contributed by atoms with Crippen molar-refractivity contribution < 1.29 is 19.1 Å². The first-order chi connectivity index (χ1) is 15.8. The summed E-state index contributed by atoms with van der Waals surface area (Å²) in [4.78, 5) is 39.0. The van der Waals surface area contributed by atoms with E-state index in [1.165, 1.54) is 12.1 Å². The van der Waals surface area contributed by atoms with Crippen molar-refractivity contribution in [1.29, 1.82) is 0 Å². The molecule has 4 amide bonds. The molecule has 0 atom stereocenters. The van der Waals surface area contributed by atoms with Crippen molar-refractivity contribution in [2.45, 2.75) is 13.5 Å². The van der Waals surface area contributed by atoms with E-state index < -0.39 is 17.8 Å². The van der Waals surface area contributed by atoms with Crippen LogP contribution in [-0.4, -0.2) is 17.8 Å². The summed E-state index contributed by atoms with van der Waals surface area (Å²) in [6.07, 6.45) is 1.36. The number of aryl methyl sites for hydroxylation is 1. The zero-order chi connectivity index (χ0) is 23.5. The van der Waals surface area contributed by atoms with Gasteiger partial charge in [0.2, 0.25) is 0 Å². The Morgan fingerprint density at radius 1 is 0.970 bits per heavy atom. The highest BCUT2D eigenvalue weighted by Gasteiger charge is 2.37. The number of hydrogen-bond donors (Lipinski definition) is 1. The number of imide groups is 2. The molecule has 0 saturated carbocycles. The quantitative estimate of drug-likeness (QED) is 0.383. The van der Waals surface area contributed by atoms with Crippen LogP contribution in [0.3, 0.4) is 0 Å². The molecule has 3 aromatic rings. The first kappa shape index (κ1) is 22.6. The highest BCUT2D eigenvalue weighted by molar-refractivity contribution is 6.39. The van der Waals surface area contributed by atoms with E-state index in [-0.39, 0.29) is 17.9 Å². The number of benzene rings is 3. The van der Waals surface area contributed by atoms with Crippen LogP contribution in [0.5, 0.6) is 5.75 Å². The van der Waals surface area contributed by atoms with Gasteiger partial charge in [0.05, 0.1) is 5.69 Å². The summed E-state index contributed by atoms with van der Waals surface area (Å²) in [5.74, 6) is -1.16. The van der Waals surface area contributed by atoms with E-state index in [1.54, 1.807) is 37.3 Å². The second kappa shape index (κ2) is 9.48. The Bertz CT molecular complexity index is 1290. The van der Waals surface area contributed by atoms with Crippen LogP contribution in [0, 0.1) is 6.92 Å². The lowest BCUT2D eigenvalue weighted by Gasteiger charge is -2.26. The van der Waals surface area contributed by atoms with Gasteiger partial charge in [-0.15, -0.1) is 0 Å². The predicted molar refractivity (Wildman–Crippen MR) is 127 cm³/mol. The Kier molecular flexibility index (Phi) is 6.49. The van der Waals surface area contributed by atoms with Crippen LogP contribution in [0.15, 0.2) is 72.3 Å². The minimum absolute atomic E-state index is 0.238. The van der Waals surface area contributed by atoms with Crippen LogP contribution >= 0.6 is 23.2 Å². The number of barbiturate groups is 1. The van der Waals surface area contributed by atoms with Gasteiger partial charge in [0.1, 0.15) is 17.9 Å². The number of rotatable bonds is 5. The summed E-state index contributed by atoms with van der Waals surface area (Å²) < 4.78 is 5.91. The van der Waals surface area contributed by atoms with E-state index in [9.17, 15) is 14.4 Å². The number of amides is 4. The highest BCUT2D eigenvalue weighted by atomic mass is 35.5. The molecular formula is C25H18Cl2N2O4. The van der Waals surface area contributed by atoms with Crippen molar-refractivity contribution in [1.82, 2.24) is 5.32 Å². The number of urea groups is 1. The summed E-state index contributed by atoms with van der Waals surface area (Å²) in [7, 11) is 0. The number of hydrogen-bond acceptors (Lipinski definition) is 4. The number of nitrogens with one attached hydrogen (secondary N) is 1. The summed E-state index contributed by atoms with van der Waals surface area (Å²) in [5, 5.41) is 2.99. The summed E-state index contributed by atoms with van der Waals surface area (Å²) in [6, 6.07) is 18.3. The molecule has 0 unspecified atom stereocenters. The van der Waals surface area contributed by atoms with E-state index >= 15 is 0 Å². The Morgan fingerprint density at radius 2 is 1.73 bits per heavy atom. The number of anilines is 1. The molecule has 8 heteroatoms. The van der Waals surface area contributed by atoms with E-state index in [0.29, 0.717) is 21.4 Å².